The summed E-state index contributed by atoms with van der Waals surface area (Å²) in [5, 5.41) is 13.0. The number of aromatic nitrogens is 4. The third-order valence-corrected chi connectivity index (χ3v) is 5.28. The average Bonchev–Trinajstić information content (AvgIpc) is 3.05. The van der Waals surface area contributed by atoms with E-state index in [9.17, 15) is 5.11 Å². The van der Waals surface area contributed by atoms with Gasteiger partial charge in [0, 0.05) is 31.8 Å². The Bertz CT molecular complexity index is 638. The van der Waals surface area contributed by atoms with E-state index < -0.39 is 0 Å². The highest BCUT2D eigenvalue weighted by Crippen LogP contribution is 2.34. The number of piperidine rings is 2. The van der Waals surface area contributed by atoms with Crippen molar-refractivity contribution in [2.24, 2.45) is 5.92 Å². The lowest BCUT2D eigenvalue weighted by molar-refractivity contribution is 0.126. The van der Waals surface area contributed by atoms with Crippen LogP contribution in [0.25, 0.3) is 11.2 Å². The van der Waals surface area contributed by atoms with Crippen LogP contribution in [0.15, 0.2) is 12.7 Å². The van der Waals surface area contributed by atoms with Crippen molar-refractivity contribution in [1.29, 1.82) is 0 Å². The molecule has 4 heterocycles. The number of hydrogen-bond donors (Lipinski definition) is 3. The molecule has 1 spiro atoms. The fourth-order valence-electron chi connectivity index (χ4n) is 3.75. The van der Waals surface area contributed by atoms with Crippen molar-refractivity contribution in [1.82, 2.24) is 25.3 Å². The molecule has 7 nitrogen and oxygen atoms in total. The predicted molar refractivity (Wildman–Crippen MR) is 83.7 cm³/mol. The summed E-state index contributed by atoms with van der Waals surface area (Å²) in [5.41, 5.74) is 1.91. The van der Waals surface area contributed by atoms with Gasteiger partial charge in [0.25, 0.3) is 0 Å². The van der Waals surface area contributed by atoms with Crippen molar-refractivity contribution in [3.05, 3.63) is 12.7 Å². The van der Waals surface area contributed by atoms with Gasteiger partial charge < -0.3 is 20.3 Å². The van der Waals surface area contributed by atoms with E-state index >= 15 is 0 Å². The lowest BCUT2D eigenvalue weighted by atomic mass is 9.78. The molecule has 1 unspecified atom stereocenters. The van der Waals surface area contributed by atoms with Gasteiger partial charge in [-0.05, 0) is 31.6 Å². The monoisotopic (exact) mass is 302 g/mol. The van der Waals surface area contributed by atoms with E-state index in [2.05, 4.69) is 30.2 Å². The van der Waals surface area contributed by atoms with E-state index in [0.717, 1.165) is 62.3 Å². The zero-order valence-electron chi connectivity index (χ0n) is 12.6. The summed E-state index contributed by atoms with van der Waals surface area (Å²) in [5.74, 6) is 1.39. The fourth-order valence-corrected chi connectivity index (χ4v) is 3.75. The normalized spacial score (nSPS) is 25.0. The summed E-state index contributed by atoms with van der Waals surface area (Å²) < 4.78 is 0. The maximum atomic E-state index is 9.28. The maximum Gasteiger partial charge on any atom is 0.182 e. The molecule has 1 atom stereocenters. The number of hydrogen-bond acceptors (Lipinski definition) is 6. The molecule has 4 rings (SSSR count). The van der Waals surface area contributed by atoms with Gasteiger partial charge in [0.15, 0.2) is 11.5 Å². The minimum absolute atomic E-state index is 0.252. The highest BCUT2D eigenvalue weighted by molar-refractivity contribution is 5.82. The number of aliphatic hydroxyl groups excluding tert-OH is 1. The van der Waals surface area contributed by atoms with Gasteiger partial charge in [-0.25, -0.2) is 15.0 Å². The first-order valence-corrected chi connectivity index (χ1v) is 8.05. The first-order valence-electron chi connectivity index (χ1n) is 8.05. The molecule has 2 aliphatic rings. The molecule has 0 saturated carbocycles. The zero-order chi connectivity index (χ0) is 15.0. The van der Waals surface area contributed by atoms with Crippen molar-refractivity contribution < 1.29 is 5.11 Å². The number of nitrogens with one attached hydrogen (secondary N) is 2. The van der Waals surface area contributed by atoms with E-state index in [1.165, 1.54) is 0 Å². The molecule has 2 fully saturated rings. The third kappa shape index (κ3) is 2.34. The lowest BCUT2D eigenvalue weighted by Gasteiger charge is -2.46. The van der Waals surface area contributed by atoms with Crippen molar-refractivity contribution in [3.8, 4) is 0 Å². The van der Waals surface area contributed by atoms with E-state index in [0.29, 0.717) is 12.5 Å². The van der Waals surface area contributed by atoms with Gasteiger partial charge in [-0.1, -0.05) is 0 Å². The Balaban J connectivity index is 1.47. The van der Waals surface area contributed by atoms with Crippen molar-refractivity contribution in [2.45, 2.75) is 31.2 Å². The van der Waals surface area contributed by atoms with Crippen LogP contribution in [-0.4, -0.2) is 56.8 Å². The molecular formula is C15H22N6O. The molecule has 0 aromatic carbocycles. The number of fused-ring (bicyclic) bond motifs is 1. The largest absolute Gasteiger partial charge is 0.396 e. The molecule has 0 aliphatic carbocycles. The van der Waals surface area contributed by atoms with Crippen LogP contribution < -0.4 is 10.2 Å². The molecule has 3 N–H and O–H groups in total. The Labute approximate surface area is 129 Å². The Hall–Kier alpha value is -1.73. The second kappa shape index (κ2) is 5.48. The summed E-state index contributed by atoms with van der Waals surface area (Å²) in [7, 11) is 0. The highest BCUT2D eigenvalue weighted by Gasteiger charge is 2.38. The van der Waals surface area contributed by atoms with Gasteiger partial charge in [0.2, 0.25) is 0 Å². The maximum absolute atomic E-state index is 9.28. The standard InChI is InChI=1S/C15H22N6O/c22-8-11-1-2-15(20-7-11)3-5-21(6-4-15)14-12-13(17-9-16-12)18-10-19-14/h9-11,20,22H,1-8H2,(H,16,17,18,19). The molecular weight excluding hydrogens is 280 g/mol. The number of rotatable bonds is 2. The van der Waals surface area contributed by atoms with Crippen molar-refractivity contribution >= 4 is 17.0 Å². The fraction of sp³-hybridized carbons (Fsp3) is 0.667. The zero-order valence-corrected chi connectivity index (χ0v) is 12.6. The second-order valence-electron chi connectivity index (χ2n) is 6.53. The topological polar surface area (TPSA) is 90.0 Å². The highest BCUT2D eigenvalue weighted by atomic mass is 16.3. The Morgan fingerprint density at radius 2 is 2.09 bits per heavy atom. The van der Waals surface area contributed by atoms with Crippen molar-refractivity contribution in [2.75, 3.05) is 31.1 Å². The minimum atomic E-state index is 0.252. The van der Waals surface area contributed by atoms with E-state index in [1.54, 1.807) is 12.7 Å². The van der Waals surface area contributed by atoms with Crippen LogP contribution in [0.3, 0.4) is 0 Å². The van der Waals surface area contributed by atoms with Crippen LogP contribution in [-0.2, 0) is 0 Å². The van der Waals surface area contributed by atoms with Crippen LogP contribution in [0.5, 0.6) is 0 Å². The van der Waals surface area contributed by atoms with Crippen LogP contribution in [0, 0.1) is 5.92 Å². The molecule has 2 saturated heterocycles. The van der Waals surface area contributed by atoms with Gasteiger partial charge in [-0.2, -0.15) is 0 Å². The molecule has 2 aliphatic heterocycles. The summed E-state index contributed by atoms with van der Waals surface area (Å²) in [6, 6.07) is 0. The van der Waals surface area contributed by atoms with E-state index in [4.69, 9.17) is 0 Å². The molecule has 0 bridgehead atoms. The van der Waals surface area contributed by atoms with E-state index in [-0.39, 0.29) is 5.54 Å². The molecule has 2 aromatic rings. The summed E-state index contributed by atoms with van der Waals surface area (Å²) in [6.07, 6.45) is 7.78. The van der Waals surface area contributed by atoms with Crippen LogP contribution in [0.2, 0.25) is 0 Å². The summed E-state index contributed by atoms with van der Waals surface area (Å²) in [6.45, 7) is 3.21. The molecule has 118 valence electrons. The molecule has 7 heteroatoms. The summed E-state index contributed by atoms with van der Waals surface area (Å²) in [4.78, 5) is 18.3. The average molecular weight is 302 g/mol. The summed E-state index contributed by atoms with van der Waals surface area (Å²) >= 11 is 0. The first kappa shape index (κ1) is 13.9. The Morgan fingerprint density at radius 1 is 1.23 bits per heavy atom. The molecule has 22 heavy (non-hydrogen) atoms. The Morgan fingerprint density at radius 3 is 2.82 bits per heavy atom. The van der Waals surface area contributed by atoms with Gasteiger partial charge in [-0.3, -0.25) is 0 Å². The number of imidazole rings is 1. The van der Waals surface area contributed by atoms with Crippen LogP contribution in [0.1, 0.15) is 25.7 Å². The quantitative estimate of drug-likeness (QED) is 0.756. The first-order chi connectivity index (χ1) is 10.8. The Kier molecular flexibility index (Phi) is 3.46. The van der Waals surface area contributed by atoms with Crippen LogP contribution in [0.4, 0.5) is 5.82 Å². The number of H-pyrrole nitrogens is 1. The molecule has 2 aromatic heterocycles. The number of anilines is 1. The van der Waals surface area contributed by atoms with Crippen LogP contribution >= 0.6 is 0 Å². The number of aliphatic hydroxyl groups is 1. The smallest absolute Gasteiger partial charge is 0.182 e. The predicted octanol–water partition coefficient (Wildman–Crippen LogP) is 0.684. The minimum Gasteiger partial charge on any atom is -0.396 e. The molecule has 0 amide bonds. The van der Waals surface area contributed by atoms with Gasteiger partial charge in [0.05, 0.1) is 6.33 Å². The van der Waals surface area contributed by atoms with Gasteiger partial charge in [-0.15, -0.1) is 0 Å². The van der Waals surface area contributed by atoms with Gasteiger partial charge >= 0.3 is 0 Å². The number of nitrogens with zero attached hydrogens (tertiary/aromatic N) is 4. The lowest BCUT2D eigenvalue weighted by Crippen LogP contribution is -2.57. The van der Waals surface area contributed by atoms with E-state index in [1.807, 2.05) is 0 Å². The third-order valence-electron chi connectivity index (χ3n) is 5.28. The SMILES string of the molecule is OCC1CCC2(CCN(c3ncnc4nc[nH]c34)CC2)NC1. The number of aromatic amines is 1. The van der Waals surface area contributed by atoms with Gasteiger partial charge in [0.1, 0.15) is 11.8 Å². The second-order valence-corrected chi connectivity index (χ2v) is 6.53. The molecule has 0 radical (unpaired) electrons. The van der Waals surface area contributed by atoms with Crippen molar-refractivity contribution in [3.63, 3.8) is 0 Å².